The van der Waals surface area contributed by atoms with Crippen molar-refractivity contribution in [1.29, 1.82) is 0 Å². The quantitative estimate of drug-likeness (QED) is 0.672. The summed E-state index contributed by atoms with van der Waals surface area (Å²) in [5.74, 6) is 1.27. The van der Waals surface area contributed by atoms with Crippen LogP contribution in [0.3, 0.4) is 0 Å². The summed E-state index contributed by atoms with van der Waals surface area (Å²) in [6.45, 7) is 5.17. The van der Waals surface area contributed by atoms with Gasteiger partial charge in [-0.3, -0.25) is 0 Å². The molecule has 2 aliphatic heterocycles. The third kappa shape index (κ3) is 3.00. The van der Waals surface area contributed by atoms with Gasteiger partial charge < -0.3 is 29.0 Å². The predicted octanol–water partition coefficient (Wildman–Crippen LogP) is 4.14. The van der Waals surface area contributed by atoms with Crippen molar-refractivity contribution in [1.82, 2.24) is 5.32 Å². The average molecular weight is 464 g/mol. The summed E-state index contributed by atoms with van der Waals surface area (Å²) in [5.41, 5.74) is 1.83. The molecule has 0 radical (unpaired) electrons. The highest BCUT2D eigenvalue weighted by Crippen LogP contribution is 2.64. The van der Waals surface area contributed by atoms with E-state index < -0.39 is 17.3 Å². The summed E-state index contributed by atoms with van der Waals surface area (Å²) in [7, 11) is 1.66. The number of hydrogen-bond donors (Lipinski definition) is 1. The molecular formula is C27H29NO6. The first-order chi connectivity index (χ1) is 16.6. The van der Waals surface area contributed by atoms with E-state index in [1.54, 1.807) is 19.2 Å². The standard InChI is InChI=1S/C27H29NO6/c1-3-12-26-19-11-13-27(31-14-15-32-27)24(26)34-23-21(30-2)10-9-17(22(23)26)16-20(19)28-25(29)33-18-7-5-4-6-8-18/h3-10,19-20,24H,1,11-16H2,2H3,(H,28,29). The van der Waals surface area contributed by atoms with Gasteiger partial charge in [-0.25, -0.2) is 4.79 Å². The maximum atomic E-state index is 12.9. The van der Waals surface area contributed by atoms with E-state index in [4.69, 9.17) is 23.7 Å². The smallest absolute Gasteiger partial charge is 0.412 e. The maximum Gasteiger partial charge on any atom is 0.412 e. The number of ether oxygens (including phenoxy) is 5. The maximum absolute atomic E-state index is 12.9. The Bertz CT molecular complexity index is 1110. The lowest BCUT2D eigenvalue weighted by Crippen LogP contribution is -2.67. The molecule has 178 valence electrons. The number of carbonyl (C=O) groups excluding carboxylic acids is 1. The van der Waals surface area contributed by atoms with E-state index in [1.807, 2.05) is 30.3 Å². The van der Waals surface area contributed by atoms with E-state index in [2.05, 4.69) is 18.0 Å². The molecule has 2 aliphatic carbocycles. The third-order valence-corrected chi connectivity index (χ3v) is 7.90. The van der Waals surface area contributed by atoms with Crippen LogP contribution in [0.5, 0.6) is 17.2 Å². The zero-order chi connectivity index (χ0) is 23.3. The van der Waals surface area contributed by atoms with Gasteiger partial charge in [0.2, 0.25) is 5.79 Å². The Kier molecular flexibility index (Phi) is 5.08. The summed E-state index contributed by atoms with van der Waals surface area (Å²) in [6.07, 6.45) is 4.00. The number of allylic oxidation sites excluding steroid dienone is 1. The van der Waals surface area contributed by atoms with Crippen LogP contribution in [0.15, 0.2) is 55.1 Å². The summed E-state index contributed by atoms with van der Waals surface area (Å²) < 4.78 is 30.5. The van der Waals surface area contributed by atoms with Gasteiger partial charge in [-0.05, 0) is 48.9 Å². The minimum absolute atomic E-state index is 0.0955. The molecule has 2 heterocycles. The molecule has 2 fully saturated rings. The number of carbonyl (C=O) groups is 1. The molecular weight excluding hydrogens is 434 g/mol. The Morgan fingerprint density at radius 2 is 2.00 bits per heavy atom. The number of fused-ring (bicyclic) bond motifs is 1. The van der Waals surface area contributed by atoms with Crippen LogP contribution in [-0.4, -0.2) is 44.3 Å². The van der Waals surface area contributed by atoms with Gasteiger partial charge in [0.25, 0.3) is 0 Å². The van der Waals surface area contributed by atoms with Crippen molar-refractivity contribution >= 4 is 6.09 Å². The molecule has 1 spiro atoms. The Balaban J connectivity index is 1.42. The second-order valence-corrected chi connectivity index (χ2v) is 9.47. The van der Waals surface area contributed by atoms with Crippen molar-refractivity contribution in [3.63, 3.8) is 0 Å². The molecule has 1 saturated carbocycles. The van der Waals surface area contributed by atoms with Crippen LogP contribution < -0.4 is 19.5 Å². The number of para-hydroxylation sites is 1. The van der Waals surface area contributed by atoms with Gasteiger partial charge >= 0.3 is 6.09 Å². The Morgan fingerprint density at radius 1 is 1.21 bits per heavy atom. The van der Waals surface area contributed by atoms with E-state index in [-0.39, 0.29) is 18.1 Å². The minimum atomic E-state index is -0.812. The molecule has 2 aromatic carbocycles. The van der Waals surface area contributed by atoms with Crippen molar-refractivity contribution in [2.24, 2.45) is 5.92 Å². The summed E-state index contributed by atoms with van der Waals surface area (Å²) in [6, 6.07) is 13.0. The molecule has 6 rings (SSSR count). The lowest BCUT2D eigenvalue weighted by atomic mass is 9.52. The van der Waals surface area contributed by atoms with Crippen molar-refractivity contribution < 1.29 is 28.5 Å². The number of rotatable bonds is 5. The summed E-state index contributed by atoms with van der Waals surface area (Å²) in [5, 5.41) is 3.18. The van der Waals surface area contributed by atoms with E-state index in [1.165, 1.54) is 0 Å². The highest BCUT2D eigenvalue weighted by molar-refractivity contribution is 5.71. The molecule has 4 unspecified atom stereocenters. The summed E-state index contributed by atoms with van der Waals surface area (Å²) in [4.78, 5) is 12.9. The highest BCUT2D eigenvalue weighted by Gasteiger charge is 2.69. The van der Waals surface area contributed by atoms with Crippen LogP contribution in [0.2, 0.25) is 0 Å². The second kappa shape index (κ2) is 8.03. The molecule has 4 atom stereocenters. The van der Waals surface area contributed by atoms with Crippen LogP contribution in [-0.2, 0) is 21.3 Å². The fraction of sp³-hybridized carbons (Fsp3) is 0.444. The largest absolute Gasteiger partial charge is 0.493 e. The van der Waals surface area contributed by atoms with Gasteiger partial charge in [-0.1, -0.05) is 30.3 Å². The number of hydrogen-bond acceptors (Lipinski definition) is 6. The topological polar surface area (TPSA) is 75.3 Å². The zero-order valence-electron chi connectivity index (χ0n) is 19.3. The zero-order valence-corrected chi connectivity index (χ0v) is 19.3. The van der Waals surface area contributed by atoms with Crippen molar-refractivity contribution in [3.05, 3.63) is 66.2 Å². The van der Waals surface area contributed by atoms with Crippen LogP contribution in [0.4, 0.5) is 4.79 Å². The fourth-order valence-electron chi connectivity index (χ4n) is 6.76. The SMILES string of the molecule is C=CCC12c3c4ccc(OC)c3OC1C1(CCC2C(NC(=O)Oc2ccccc2)C4)OCCO1. The Labute approximate surface area is 199 Å². The fourth-order valence-corrected chi connectivity index (χ4v) is 6.76. The minimum Gasteiger partial charge on any atom is -0.493 e. The Morgan fingerprint density at radius 3 is 2.74 bits per heavy atom. The van der Waals surface area contributed by atoms with Gasteiger partial charge in [-0.2, -0.15) is 0 Å². The van der Waals surface area contributed by atoms with Gasteiger partial charge in [-0.15, -0.1) is 6.58 Å². The molecule has 0 bridgehead atoms. The third-order valence-electron chi connectivity index (χ3n) is 7.90. The van der Waals surface area contributed by atoms with Gasteiger partial charge in [0.05, 0.1) is 20.3 Å². The van der Waals surface area contributed by atoms with Crippen LogP contribution in [0, 0.1) is 5.92 Å². The molecule has 7 nitrogen and oxygen atoms in total. The van der Waals surface area contributed by atoms with Crippen molar-refractivity contribution in [2.75, 3.05) is 20.3 Å². The first kappa shape index (κ1) is 21.5. The molecule has 4 aliphatic rings. The molecule has 1 amide bonds. The van der Waals surface area contributed by atoms with Crippen molar-refractivity contribution in [3.8, 4) is 17.2 Å². The van der Waals surface area contributed by atoms with Crippen molar-refractivity contribution in [2.45, 2.75) is 49.0 Å². The summed E-state index contributed by atoms with van der Waals surface area (Å²) >= 11 is 0. The van der Waals surface area contributed by atoms with E-state index in [0.717, 1.165) is 23.3 Å². The molecule has 0 aromatic heterocycles. The monoisotopic (exact) mass is 463 g/mol. The van der Waals surface area contributed by atoms with Crippen LogP contribution in [0.25, 0.3) is 0 Å². The normalized spacial score (nSPS) is 29.7. The second-order valence-electron chi connectivity index (χ2n) is 9.47. The Hall–Kier alpha value is -3.03. The number of amides is 1. The van der Waals surface area contributed by atoms with Crippen LogP contribution >= 0.6 is 0 Å². The first-order valence-electron chi connectivity index (χ1n) is 11.9. The molecule has 2 aromatic rings. The molecule has 34 heavy (non-hydrogen) atoms. The average Bonchev–Trinajstić information content (AvgIpc) is 3.45. The molecule has 7 heteroatoms. The first-order valence-corrected chi connectivity index (χ1v) is 11.9. The molecule has 1 saturated heterocycles. The lowest BCUT2D eigenvalue weighted by Gasteiger charge is -2.55. The van der Waals surface area contributed by atoms with Gasteiger partial charge in [0.1, 0.15) is 5.75 Å². The van der Waals surface area contributed by atoms with Gasteiger partial charge in [0.15, 0.2) is 17.6 Å². The van der Waals surface area contributed by atoms with Crippen LogP contribution in [0.1, 0.15) is 30.4 Å². The molecule has 1 N–H and O–H groups in total. The van der Waals surface area contributed by atoms with Gasteiger partial charge in [0, 0.05) is 23.4 Å². The van der Waals surface area contributed by atoms with E-state index >= 15 is 0 Å². The lowest BCUT2D eigenvalue weighted by molar-refractivity contribution is -0.252. The van der Waals surface area contributed by atoms with E-state index in [9.17, 15) is 4.79 Å². The number of nitrogens with one attached hydrogen (secondary N) is 1. The van der Waals surface area contributed by atoms with E-state index in [0.29, 0.717) is 44.0 Å². The predicted molar refractivity (Wildman–Crippen MR) is 124 cm³/mol. The highest BCUT2D eigenvalue weighted by atomic mass is 16.8. The number of benzene rings is 2. The number of methoxy groups -OCH3 is 1.